The van der Waals surface area contributed by atoms with Crippen molar-refractivity contribution < 1.29 is 42.4 Å². The van der Waals surface area contributed by atoms with Crippen LogP contribution < -0.4 is 0 Å². The summed E-state index contributed by atoms with van der Waals surface area (Å²) in [7, 11) is -1.20. The largest absolute Gasteiger partial charge is 0.411 e. The van der Waals surface area contributed by atoms with Gasteiger partial charge in [-0.25, -0.2) is 0 Å². The van der Waals surface area contributed by atoms with Crippen LogP contribution in [0.3, 0.4) is 0 Å². The van der Waals surface area contributed by atoms with E-state index in [2.05, 4.69) is 85.6 Å². The lowest BCUT2D eigenvalue weighted by Crippen LogP contribution is -2.57. The normalized spacial score (nSPS) is 34.4. The molecule has 0 saturated carbocycles. The van der Waals surface area contributed by atoms with E-state index >= 15 is 0 Å². The molecule has 1 N–H and O–H groups in total. The van der Waals surface area contributed by atoms with Gasteiger partial charge < -0.3 is 42.4 Å². The Morgan fingerprint density at radius 3 is 2.04 bits per heavy atom. The molecule has 11 heteroatoms. The first-order valence-electron chi connectivity index (χ1n) is 18.1. The minimum atomic E-state index is -2.40. The molecule has 0 bridgehead atoms. The molecule has 2 aliphatic rings. The van der Waals surface area contributed by atoms with Gasteiger partial charge in [0, 0.05) is 20.1 Å². The quantitative estimate of drug-likeness (QED) is 0.0894. The van der Waals surface area contributed by atoms with E-state index in [0.717, 1.165) is 18.1 Å². The molecule has 9 nitrogen and oxygen atoms in total. The molecule has 0 amide bonds. The van der Waals surface area contributed by atoms with Gasteiger partial charge in [0.1, 0.15) is 37.5 Å². The number of aliphatic hydroxyl groups excluding tert-OH is 1. The third-order valence-electron chi connectivity index (χ3n) is 10.7. The van der Waals surface area contributed by atoms with Crippen LogP contribution in [0.5, 0.6) is 0 Å². The summed E-state index contributed by atoms with van der Waals surface area (Å²) >= 11 is 0. The summed E-state index contributed by atoms with van der Waals surface area (Å²) in [6, 6.07) is 3.03. The predicted octanol–water partition coefficient (Wildman–Crippen LogP) is 7.64. The van der Waals surface area contributed by atoms with Crippen molar-refractivity contribution in [2.75, 3.05) is 27.8 Å². The van der Waals surface area contributed by atoms with E-state index in [1.54, 1.807) is 14.2 Å². The first kappa shape index (κ1) is 43.5. The molecule has 0 radical (unpaired) electrons. The van der Waals surface area contributed by atoms with Crippen molar-refractivity contribution in [1.82, 2.24) is 0 Å². The third kappa shape index (κ3) is 11.4. The van der Waals surface area contributed by atoms with Crippen LogP contribution in [0.4, 0.5) is 0 Å². The van der Waals surface area contributed by atoms with Crippen molar-refractivity contribution in [3.8, 4) is 11.8 Å². The highest BCUT2D eigenvalue weighted by molar-refractivity contribution is 6.74. The van der Waals surface area contributed by atoms with Crippen molar-refractivity contribution in [3.05, 3.63) is 12.2 Å². The highest BCUT2D eigenvalue weighted by Crippen LogP contribution is 2.44. The van der Waals surface area contributed by atoms with Gasteiger partial charge in [-0.2, -0.15) is 0 Å². The number of rotatable bonds is 13. The number of aliphatic hydroxyl groups is 1. The molecule has 1 heterocycles. The number of methoxy groups -OCH3 is 2. The summed E-state index contributed by atoms with van der Waals surface area (Å²) in [6.07, 6.45) is 2.37. The summed E-state index contributed by atoms with van der Waals surface area (Å²) in [5, 5.41) is 11.6. The van der Waals surface area contributed by atoms with Crippen molar-refractivity contribution in [3.63, 3.8) is 0 Å². The third-order valence-corrected chi connectivity index (χ3v) is 19.9. The molecule has 1 aliphatic carbocycles. The zero-order valence-corrected chi connectivity index (χ0v) is 34.9. The van der Waals surface area contributed by atoms with Gasteiger partial charge in [0.05, 0.1) is 18.3 Å². The second-order valence-electron chi connectivity index (χ2n) is 16.0. The van der Waals surface area contributed by atoms with E-state index in [4.69, 9.17) is 37.3 Å². The Morgan fingerprint density at radius 1 is 0.917 bits per heavy atom. The van der Waals surface area contributed by atoms with Crippen molar-refractivity contribution in [2.45, 2.75) is 173 Å². The van der Waals surface area contributed by atoms with E-state index in [1.165, 1.54) is 0 Å². The predicted molar refractivity (Wildman–Crippen MR) is 197 cm³/mol. The maximum atomic E-state index is 11.7. The SMILES string of the molecule is CC[Si](CC)(CC)O[C@H]1C[C@H](C)[C@H](O)C#C[C@@](C)(O[Si](C)(C)C(C)(C)C)[C@@H]2OC(C)(C)O[C@@H]2[C@@H](OCOC)C/C=C/[C@H](C)[C@@H]1OCOC. The van der Waals surface area contributed by atoms with Crippen LogP contribution in [-0.2, 0) is 37.3 Å². The molecule has 0 spiro atoms. The van der Waals surface area contributed by atoms with Gasteiger partial charge in [0.15, 0.2) is 22.4 Å². The molecule has 0 aromatic rings. The standard InChI is InChI=1S/C37H70O9Si2/c1-16-48(17-2,18-3)45-31-24-28(5)29(38)22-23-37(11,46-47(14,15)35(6,7)8)34-33(43-36(9,10)44-34)30(41-25-39-12)21-19-20-27(4)32(31)42-26-40-13/h19-20,27-34,38H,16-18,21,24-26H2,1-15H3/b20-19+/t27-,28-,29+,30-,31-,32-,33+,34+,37+/m0/s1. The highest BCUT2D eigenvalue weighted by atomic mass is 28.4. The summed E-state index contributed by atoms with van der Waals surface area (Å²) < 4.78 is 51.1. The van der Waals surface area contributed by atoms with Crippen LogP contribution in [0, 0.1) is 23.7 Å². The molecule has 1 saturated heterocycles. The fraction of sp³-hybridized carbons (Fsp3) is 0.892. The highest BCUT2D eigenvalue weighted by Gasteiger charge is 2.56. The van der Waals surface area contributed by atoms with Gasteiger partial charge in [-0.05, 0) is 75.8 Å². The van der Waals surface area contributed by atoms with Gasteiger partial charge in [-0.3, -0.25) is 0 Å². The molecule has 48 heavy (non-hydrogen) atoms. The lowest BCUT2D eigenvalue weighted by molar-refractivity contribution is -0.171. The molecule has 0 aromatic carbocycles. The average molecular weight is 715 g/mol. The Balaban J connectivity index is 2.79. The zero-order valence-electron chi connectivity index (χ0n) is 32.9. The van der Waals surface area contributed by atoms with E-state index in [-0.39, 0.29) is 42.7 Å². The Kier molecular flexibility index (Phi) is 16.5. The van der Waals surface area contributed by atoms with Gasteiger partial charge in [-0.15, -0.1) is 0 Å². The number of hydrogen-bond acceptors (Lipinski definition) is 9. The number of ether oxygens (including phenoxy) is 6. The lowest BCUT2D eigenvalue weighted by Gasteiger charge is -2.45. The molecule has 9 atom stereocenters. The topological polar surface area (TPSA) is 94.1 Å². The molecule has 0 aromatic heterocycles. The average Bonchev–Trinajstić information content (AvgIpc) is 3.34. The fourth-order valence-corrected chi connectivity index (χ4v) is 10.9. The van der Waals surface area contributed by atoms with Crippen LogP contribution in [0.1, 0.15) is 89.0 Å². The zero-order chi connectivity index (χ0) is 36.6. The Bertz CT molecular complexity index is 1050. The second-order valence-corrected chi connectivity index (χ2v) is 25.4. The van der Waals surface area contributed by atoms with Crippen molar-refractivity contribution >= 4 is 16.6 Å². The summed E-state index contributed by atoms with van der Waals surface area (Å²) in [5.41, 5.74) is -1.11. The van der Waals surface area contributed by atoms with E-state index in [9.17, 15) is 5.11 Å². The smallest absolute Gasteiger partial charge is 0.194 e. The number of hydrogen-bond donors (Lipinski definition) is 1. The van der Waals surface area contributed by atoms with Crippen LogP contribution in [-0.4, -0.2) is 97.6 Å². The van der Waals surface area contributed by atoms with Crippen LogP contribution >= 0.6 is 0 Å². The van der Waals surface area contributed by atoms with E-state index < -0.39 is 52.4 Å². The van der Waals surface area contributed by atoms with Gasteiger partial charge in [0.25, 0.3) is 0 Å². The van der Waals surface area contributed by atoms with E-state index in [1.807, 2.05) is 27.7 Å². The molecule has 0 unspecified atom stereocenters. The monoisotopic (exact) mass is 714 g/mol. The second kappa shape index (κ2) is 18.2. The van der Waals surface area contributed by atoms with Crippen molar-refractivity contribution in [1.29, 1.82) is 0 Å². The van der Waals surface area contributed by atoms with Crippen LogP contribution in [0.25, 0.3) is 0 Å². The first-order valence-corrected chi connectivity index (χ1v) is 23.5. The lowest BCUT2D eigenvalue weighted by atomic mass is 9.89. The number of fused-ring (bicyclic) bond motifs is 1. The Labute approximate surface area is 295 Å². The maximum absolute atomic E-state index is 11.7. The summed E-state index contributed by atoms with van der Waals surface area (Å²) in [5.74, 6) is 5.53. The maximum Gasteiger partial charge on any atom is 0.194 e. The summed E-state index contributed by atoms with van der Waals surface area (Å²) in [6.45, 7) is 28.0. The minimum Gasteiger partial charge on any atom is -0.411 e. The van der Waals surface area contributed by atoms with E-state index in [0.29, 0.717) is 12.8 Å². The summed E-state index contributed by atoms with van der Waals surface area (Å²) in [4.78, 5) is 0. The molecular weight excluding hydrogens is 645 g/mol. The Hall–Kier alpha value is -0.626. The van der Waals surface area contributed by atoms with Gasteiger partial charge in [-0.1, -0.05) is 79.4 Å². The molecular formula is C37H70O9Si2. The first-order chi connectivity index (χ1) is 22.2. The van der Waals surface area contributed by atoms with Crippen LogP contribution in [0.2, 0.25) is 36.3 Å². The fourth-order valence-electron chi connectivity index (χ4n) is 6.48. The van der Waals surface area contributed by atoms with Crippen molar-refractivity contribution in [2.24, 2.45) is 11.8 Å². The minimum absolute atomic E-state index is 0.0220. The molecule has 280 valence electrons. The van der Waals surface area contributed by atoms with Crippen LogP contribution in [0.15, 0.2) is 12.2 Å². The molecule has 2 rings (SSSR count). The Morgan fingerprint density at radius 2 is 1.50 bits per heavy atom. The van der Waals surface area contributed by atoms with Gasteiger partial charge >= 0.3 is 0 Å². The van der Waals surface area contributed by atoms with Gasteiger partial charge in [0.2, 0.25) is 0 Å². The molecule has 1 aliphatic heterocycles. The molecule has 1 fully saturated rings.